The lowest BCUT2D eigenvalue weighted by atomic mass is 10.0. The van der Waals surface area contributed by atoms with Crippen molar-refractivity contribution in [2.75, 3.05) is 0 Å². The van der Waals surface area contributed by atoms with Crippen LogP contribution < -0.4 is 0 Å². The first kappa shape index (κ1) is 10.1. The lowest BCUT2D eigenvalue weighted by molar-refractivity contribution is -0.117. The Labute approximate surface area is 95.4 Å². The summed E-state index contributed by atoms with van der Waals surface area (Å²) in [6.07, 6.45) is 4.03. The van der Waals surface area contributed by atoms with Gasteiger partial charge in [0.1, 0.15) is 5.76 Å². The van der Waals surface area contributed by atoms with Crippen molar-refractivity contribution >= 4 is 40.6 Å². The average molecular weight is 251 g/mol. The van der Waals surface area contributed by atoms with E-state index in [1.165, 1.54) is 18.4 Å². The van der Waals surface area contributed by atoms with Gasteiger partial charge in [-0.2, -0.15) is 0 Å². The van der Waals surface area contributed by atoms with Gasteiger partial charge in [0.05, 0.1) is 6.26 Å². The maximum atomic E-state index is 11.6. The van der Waals surface area contributed by atoms with Crippen LogP contribution in [0, 0.1) is 0 Å². The smallest absolute Gasteiger partial charge is 0.200 e. The molecule has 0 saturated carbocycles. The molecular weight excluding hydrogens is 246 g/mol. The predicted octanol–water partition coefficient (Wildman–Crippen LogP) is 3.03. The van der Waals surface area contributed by atoms with Crippen LogP contribution >= 0.6 is 34.8 Å². The first-order valence-corrected chi connectivity index (χ1v) is 4.96. The quantitative estimate of drug-likeness (QED) is 0.718. The number of allylic oxidation sites excluding steroid dienone is 2. The third-order valence-electron chi connectivity index (χ3n) is 2.10. The van der Waals surface area contributed by atoms with E-state index in [4.69, 9.17) is 39.2 Å². The Balaban J connectivity index is 2.56. The number of alkyl halides is 3. The maximum Gasteiger partial charge on any atom is 0.200 e. The van der Waals surface area contributed by atoms with Gasteiger partial charge in [0.25, 0.3) is 0 Å². The molecule has 1 heterocycles. The first-order chi connectivity index (χ1) is 6.48. The minimum Gasteiger partial charge on any atom is -0.467 e. The summed E-state index contributed by atoms with van der Waals surface area (Å²) in [5.74, 6) is -0.127. The van der Waals surface area contributed by atoms with E-state index in [9.17, 15) is 4.79 Å². The summed E-state index contributed by atoms with van der Waals surface area (Å²) in [6, 6.07) is 3.19. The molecule has 0 fully saturated rings. The fourth-order valence-electron chi connectivity index (χ4n) is 1.33. The number of carbonyl (C=O) groups excluding carboxylic acids is 1. The van der Waals surface area contributed by atoms with Crippen LogP contribution in [-0.4, -0.2) is 10.1 Å². The Morgan fingerprint density at radius 2 is 2.00 bits per heavy atom. The summed E-state index contributed by atoms with van der Waals surface area (Å²) < 4.78 is 3.60. The molecule has 2 rings (SSSR count). The number of hydrogen-bond acceptors (Lipinski definition) is 2. The Morgan fingerprint density at radius 3 is 2.43 bits per heavy atom. The Kier molecular flexibility index (Phi) is 2.18. The molecule has 0 saturated heterocycles. The molecule has 0 amide bonds. The topological polar surface area (TPSA) is 30.2 Å². The fraction of sp³-hybridized carbons (Fsp3) is 0.222. The normalized spacial score (nSPS) is 29.8. The highest BCUT2D eigenvalue weighted by molar-refractivity contribution is 6.60. The van der Waals surface area contributed by atoms with Crippen molar-refractivity contribution in [3.05, 3.63) is 36.3 Å². The summed E-state index contributed by atoms with van der Waals surface area (Å²) in [6.45, 7) is 0. The van der Waals surface area contributed by atoms with Crippen molar-refractivity contribution in [1.29, 1.82) is 0 Å². The highest BCUT2D eigenvalue weighted by atomic mass is 35.5. The lowest BCUT2D eigenvalue weighted by Gasteiger charge is -2.27. The van der Waals surface area contributed by atoms with Gasteiger partial charge in [-0.15, -0.1) is 0 Å². The number of ketones is 1. The molecule has 1 aromatic rings. The van der Waals surface area contributed by atoms with Crippen LogP contribution in [0.15, 0.2) is 35.0 Å². The Hall–Kier alpha value is -0.440. The van der Waals surface area contributed by atoms with Crippen molar-refractivity contribution in [3.63, 3.8) is 0 Å². The van der Waals surface area contributed by atoms with Crippen molar-refractivity contribution in [2.45, 2.75) is 9.21 Å². The van der Waals surface area contributed by atoms with Crippen LogP contribution in [0.3, 0.4) is 0 Å². The van der Waals surface area contributed by atoms with Crippen molar-refractivity contribution in [2.24, 2.45) is 0 Å². The molecule has 0 radical (unpaired) electrons. The van der Waals surface area contributed by atoms with Crippen LogP contribution in [0.25, 0.3) is 0 Å². The van der Waals surface area contributed by atoms with Gasteiger partial charge in [0, 0.05) is 0 Å². The Bertz CT molecular complexity index is 394. The zero-order valence-corrected chi connectivity index (χ0v) is 9.10. The lowest BCUT2D eigenvalue weighted by Crippen LogP contribution is -2.39. The van der Waals surface area contributed by atoms with Crippen LogP contribution in [-0.2, 0) is 9.67 Å². The molecule has 0 aliphatic heterocycles. The fourth-order valence-corrected chi connectivity index (χ4v) is 2.07. The predicted molar refractivity (Wildman–Crippen MR) is 54.8 cm³/mol. The van der Waals surface area contributed by atoms with E-state index in [1.807, 2.05) is 0 Å². The zero-order chi connectivity index (χ0) is 10.4. The standard InChI is InChI=1S/C9H5Cl3O2/c10-8(11)4-3-6(13)9(8,12)7-2-1-5-14-7/h1-5H. The van der Waals surface area contributed by atoms with E-state index in [1.54, 1.807) is 12.1 Å². The van der Waals surface area contributed by atoms with Gasteiger partial charge in [-0.25, -0.2) is 0 Å². The molecule has 0 N–H and O–H groups in total. The third kappa shape index (κ3) is 1.14. The maximum absolute atomic E-state index is 11.6. The van der Waals surface area contributed by atoms with E-state index in [0.717, 1.165) is 0 Å². The molecule has 0 bridgehead atoms. The van der Waals surface area contributed by atoms with E-state index in [0.29, 0.717) is 0 Å². The second-order valence-corrected chi connectivity index (χ2v) is 4.91. The number of hydrogen-bond donors (Lipinski definition) is 0. The molecule has 1 aliphatic rings. The summed E-state index contributed by atoms with van der Waals surface area (Å²) >= 11 is 18.0. The van der Waals surface area contributed by atoms with E-state index in [-0.39, 0.29) is 11.5 Å². The molecule has 2 nitrogen and oxygen atoms in total. The molecular formula is C9H5Cl3O2. The molecule has 0 spiro atoms. The van der Waals surface area contributed by atoms with E-state index in [2.05, 4.69) is 0 Å². The van der Waals surface area contributed by atoms with Crippen LogP contribution in [0.2, 0.25) is 0 Å². The summed E-state index contributed by atoms with van der Waals surface area (Å²) in [4.78, 5) is 10.0. The molecule has 14 heavy (non-hydrogen) atoms. The zero-order valence-electron chi connectivity index (χ0n) is 6.84. The number of halogens is 3. The van der Waals surface area contributed by atoms with Crippen molar-refractivity contribution in [3.8, 4) is 0 Å². The first-order valence-electron chi connectivity index (χ1n) is 3.83. The van der Waals surface area contributed by atoms with Gasteiger partial charge in [0.2, 0.25) is 0 Å². The minimum absolute atomic E-state index is 0.249. The molecule has 74 valence electrons. The minimum atomic E-state index is -1.54. The average Bonchev–Trinajstić information content (AvgIpc) is 2.70. The van der Waals surface area contributed by atoms with E-state index >= 15 is 0 Å². The summed E-state index contributed by atoms with van der Waals surface area (Å²) in [7, 11) is 0. The SMILES string of the molecule is O=C1C=CC(Cl)(Cl)C1(Cl)c1ccco1. The third-order valence-corrected chi connectivity index (χ3v) is 3.79. The molecule has 1 aliphatic carbocycles. The number of furan rings is 1. The summed E-state index contributed by atoms with van der Waals surface area (Å²) in [5.41, 5.74) is 0. The van der Waals surface area contributed by atoms with Crippen molar-refractivity contribution in [1.82, 2.24) is 0 Å². The van der Waals surface area contributed by atoms with Gasteiger partial charge in [0.15, 0.2) is 15.0 Å². The highest BCUT2D eigenvalue weighted by Gasteiger charge is 2.58. The van der Waals surface area contributed by atoms with Crippen LogP contribution in [0.1, 0.15) is 5.76 Å². The van der Waals surface area contributed by atoms with Gasteiger partial charge < -0.3 is 4.42 Å². The largest absolute Gasteiger partial charge is 0.467 e. The van der Waals surface area contributed by atoms with E-state index < -0.39 is 9.21 Å². The molecule has 1 atom stereocenters. The Morgan fingerprint density at radius 1 is 1.29 bits per heavy atom. The van der Waals surface area contributed by atoms with Gasteiger partial charge >= 0.3 is 0 Å². The molecule has 1 aromatic heterocycles. The monoisotopic (exact) mass is 250 g/mol. The molecule has 1 unspecified atom stereocenters. The van der Waals surface area contributed by atoms with Gasteiger partial charge in [-0.3, -0.25) is 4.79 Å². The van der Waals surface area contributed by atoms with Crippen molar-refractivity contribution < 1.29 is 9.21 Å². The molecule has 5 heteroatoms. The summed E-state index contributed by atoms with van der Waals surface area (Å²) in [5, 5.41) is 0. The van der Waals surface area contributed by atoms with Gasteiger partial charge in [-0.05, 0) is 24.3 Å². The number of carbonyl (C=O) groups is 1. The highest BCUT2D eigenvalue weighted by Crippen LogP contribution is 2.52. The second-order valence-electron chi connectivity index (χ2n) is 2.96. The number of rotatable bonds is 1. The second kappa shape index (κ2) is 3.02. The van der Waals surface area contributed by atoms with Crippen LogP contribution in [0.5, 0.6) is 0 Å². The molecule has 0 aromatic carbocycles. The van der Waals surface area contributed by atoms with Crippen LogP contribution in [0.4, 0.5) is 0 Å². The van der Waals surface area contributed by atoms with Gasteiger partial charge in [-0.1, -0.05) is 34.8 Å².